The SMILES string of the molecule is CC(Nc1nc2cc(F)ccc2s1)c1cccs1. The van der Waals surface area contributed by atoms with Crippen LogP contribution >= 0.6 is 22.7 Å². The first-order valence-electron chi connectivity index (χ1n) is 5.58. The van der Waals surface area contributed by atoms with Crippen molar-refractivity contribution in [2.75, 3.05) is 5.32 Å². The van der Waals surface area contributed by atoms with Gasteiger partial charge in [-0.3, -0.25) is 0 Å². The number of hydrogen-bond acceptors (Lipinski definition) is 4. The second-order valence-corrected chi connectivity index (χ2v) is 6.02. The summed E-state index contributed by atoms with van der Waals surface area (Å²) in [4.78, 5) is 5.66. The first kappa shape index (κ1) is 11.6. The Labute approximate surface area is 112 Å². The predicted octanol–water partition coefficient (Wildman–Crippen LogP) is 4.67. The van der Waals surface area contributed by atoms with Crippen molar-refractivity contribution < 1.29 is 4.39 Å². The van der Waals surface area contributed by atoms with Gasteiger partial charge in [0.25, 0.3) is 0 Å². The molecule has 1 N–H and O–H groups in total. The molecule has 92 valence electrons. The molecular weight excluding hydrogens is 267 g/mol. The van der Waals surface area contributed by atoms with Gasteiger partial charge in [0.15, 0.2) is 5.13 Å². The molecule has 0 saturated carbocycles. The Morgan fingerprint density at radius 2 is 2.22 bits per heavy atom. The van der Waals surface area contributed by atoms with Gasteiger partial charge in [0.05, 0.1) is 16.3 Å². The normalized spacial score (nSPS) is 12.8. The standard InChI is InChI=1S/C13H11FN2S2/c1-8(11-3-2-6-17-11)15-13-16-10-7-9(14)4-5-12(10)18-13/h2-8H,1H3,(H,15,16). The molecule has 0 aliphatic rings. The lowest BCUT2D eigenvalue weighted by Gasteiger charge is -2.09. The molecule has 5 heteroatoms. The number of anilines is 1. The lowest BCUT2D eigenvalue weighted by atomic mass is 10.3. The number of rotatable bonds is 3. The minimum Gasteiger partial charge on any atom is -0.354 e. The fourth-order valence-electron chi connectivity index (χ4n) is 1.76. The topological polar surface area (TPSA) is 24.9 Å². The van der Waals surface area contributed by atoms with Gasteiger partial charge in [-0.2, -0.15) is 0 Å². The zero-order valence-corrected chi connectivity index (χ0v) is 11.3. The molecular formula is C13H11FN2S2. The quantitative estimate of drug-likeness (QED) is 0.753. The van der Waals surface area contributed by atoms with E-state index < -0.39 is 0 Å². The van der Waals surface area contributed by atoms with Gasteiger partial charge in [0.2, 0.25) is 0 Å². The zero-order valence-electron chi connectivity index (χ0n) is 9.68. The highest BCUT2D eigenvalue weighted by molar-refractivity contribution is 7.22. The lowest BCUT2D eigenvalue weighted by Crippen LogP contribution is -2.03. The van der Waals surface area contributed by atoms with Crippen molar-refractivity contribution in [2.24, 2.45) is 0 Å². The molecule has 2 aromatic heterocycles. The predicted molar refractivity (Wildman–Crippen MR) is 75.9 cm³/mol. The Hall–Kier alpha value is -1.46. The molecule has 0 saturated heterocycles. The molecule has 0 aliphatic carbocycles. The Balaban J connectivity index is 1.86. The molecule has 3 rings (SSSR count). The number of nitrogens with zero attached hydrogens (tertiary/aromatic N) is 1. The number of nitrogens with one attached hydrogen (secondary N) is 1. The maximum Gasteiger partial charge on any atom is 0.184 e. The molecule has 2 heterocycles. The van der Waals surface area contributed by atoms with Crippen molar-refractivity contribution >= 4 is 38.0 Å². The van der Waals surface area contributed by atoms with Crippen LogP contribution in [0, 0.1) is 5.82 Å². The number of thiophene rings is 1. The third kappa shape index (κ3) is 2.23. The van der Waals surface area contributed by atoms with E-state index in [1.54, 1.807) is 28.7 Å². The molecule has 0 aliphatic heterocycles. The summed E-state index contributed by atoms with van der Waals surface area (Å²) >= 11 is 3.26. The van der Waals surface area contributed by atoms with Crippen molar-refractivity contribution in [1.82, 2.24) is 4.98 Å². The number of fused-ring (bicyclic) bond motifs is 1. The zero-order chi connectivity index (χ0) is 12.5. The second kappa shape index (κ2) is 4.66. The van der Waals surface area contributed by atoms with E-state index in [1.165, 1.54) is 17.0 Å². The van der Waals surface area contributed by atoms with Gasteiger partial charge >= 0.3 is 0 Å². The van der Waals surface area contributed by atoms with Crippen LogP contribution in [0.1, 0.15) is 17.8 Å². The van der Waals surface area contributed by atoms with Gasteiger partial charge in [-0.25, -0.2) is 9.37 Å². The van der Waals surface area contributed by atoms with Gasteiger partial charge < -0.3 is 5.32 Å². The third-order valence-corrected chi connectivity index (χ3v) is 4.68. The van der Waals surface area contributed by atoms with Crippen molar-refractivity contribution in [2.45, 2.75) is 13.0 Å². The van der Waals surface area contributed by atoms with Crippen LogP contribution in [-0.4, -0.2) is 4.98 Å². The maximum atomic E-state index is 13.1. The summed E-state index contributed by atoms with van der Waals surface area (Å²) in [6, 6.07) is 9.04. The molecule has 18 heavy (non-hydrogen) atoms. The van der Waals surface area contributed by atoms with E-state index in [1.807, 2.05) is 6.07 Å². The average Bonchev–Trinajstić information content (AvgIpc) is 2.95. The minimum absolute atomic E-state index is 0.218. The van der Waals surface area contributed by atoms with E-state index in [2.05, 4.69) is 28.7 Å². The maximum absolute atomic E-state index is 13.1. The summed E-state index contributed by atoms with van der Waals surface area (Å²) < 4.78 is 14.1. The van der Waals surface area contributed by atoms with Crippen LogP contribution in [0.25, 0.3) is 10.2 Å². The summed E-state index contributed by atoms with van der Waals surface area (Å²) in [5.74, 6) is -0.245. The smallest absolute Gasteiger partial charge is 0.184 e. The second-order valence-electron chi connectivity index (χ2n) is 4.01. The summed E-state index contributed by atoms with van der Waals surface area (Å²) in [7, 11) is 0. The number of hydrogen-bond donors (Lipinski definition) is 1. The van der Waals surface area contributed by atoms with E-state index in [-0.39, 0.29) is 11.9 Å². The Kier molecular flexibility index (Phi) is 3.01. The monoisotopic (exact) mass is 278 g/mol. The van der Waals surface area contributed by atoms with Gasteiger partial charge in [0.1, 0.15) is 5.82 Å². The van der Waals surface area contributed by atoms with Crippen molar-refractivity contribution in [3.63, 3.8) is 0 Å². The van der Waals surface area contributed by atoms with Crippen LogP contribution in [0.2, 0.25) is 0 Å². The van der Waals surface area contributed by atoms with Gasteiger partial charge in [-0.1, -0.05) is 17.4 Å². The minimum atomic E-state index is -0.245. The summed E-state index contributed by atoms with van der Waals surface area (Å²) in [6.45, 7) is 2.10. The third-order valence-electron chi connectivity index (χ3n) is 2.66. The van der Waals surface area contributed by atoms with Crippen LogP contribution in [0.5, 0.6) is 0 Å². The van der Waals surface area contributed by atoms with E-state index in [0.29, 0.717) is 5.52 Å². The largest absolute Gasteiger partial charge is 0.354 e. The molecule has 0 amide bonds. The highest BCUT2D eigenvalue weighted by atomic mass is 32.1. The molecule has 0 bridgehead atoms. The van der Waals surface area contributed by atoms with Crippen molar-refractivity contribution in [1.29, 1.82) is 0 Å². The summed E-state index contributed by atoms with van der Waals surface area (Å²) in [5, 5.41) is 6.24. The van der Waals surface area contributed by atoms with E-state index in [4.69, 9.17) is 0 Å². The Bertz CT molecular complexity index is 661. The molecule has 1 unspecified atom stereocenters. The van der Waals surface area contributed by atoms with Gasteiger partial charge in [-0.15, -0.1) is 11.3 Å². The van der Waals surface area contributed by atoms with Gasteiger partial charge in [-0.05, 0) is 30.5 Å². The van der Waals surface area contributed by atoms with Crippen LogP contribution in [0.15, 0.2) is 35.7 Å². The van der Waals surface area contributed by atoms with E-state index >= 15 is 0 Å². The van der Waals surface area contributed by atoms with Crippen molar-refractivity contribution in [3.05, 3.63) is 46.4 Å². The van der Waals surface area contributed by atoms with Crippen LogP contribution in [0.4, 0.5) is 9.52 Å². The first-order valence-corrected chi connectivity index (χ1v) is 7.28. The van der Waals surface area contributed by atoms with Gasteiger partial charge in [0, 0.05) is 10.9 Å². The number of thiazole rings is 1. The van der Waals surface area contributed by atoms with E-state index in [0.717, 1.165) is 9.83 Å². The average molecular weight is 278 g/mol. The fourth-order valence-corrected chi connectivity index (χ4v) is 3.42. The Morgan fingerprint density at radius 1 is 1.33 bits per heavy atom. The molecule has 2 nitrogen and oxygen atoms in total. The molecule has 1 atom stereocenters. The highest BCUT2D eigenvalue weighted by Gasteiger charge is 2.10. The molecule has 0 fully saturated rings. The molecule has 3 aromatic rings. The molecule has 0 radical (unpaired) electrons. The van der Waals surface area contributed by atoms with Crippen LogP contribution in [0.3, 0.4) is 0 Å². The van der Waals surface area contributed by atoms with Crippen molar-refractivity contribution in [3.8, 4) is 0 Å². The van der Waals surface area contributed by atoms with Crippen LogP contribution in [-0.2, 0) is 0 Å². The summed E-state index contributed by atoms with van der Waals surface area (Å²) in [5.41, 5.74) is 0.709. The number of aromatic nitrogens is 1. The number of halogens is 1. The fraction of sp³-hybridized carbons (Fsp3) is 0.154. The molecule has 1 aromatic carbocycles. The number of benzene rings is 1. The molecule has 0 spiro atoms. The lowest BCUT2D eigenvalue weighted by molar-refractivity contribution is 0.629. The summed E-state index contributed by atoms with van der Waals surface area (Å²) in [6.07, 6.45) is 0. The first-order chi connectivity index (χ1) is 8.72. The highest BCUT2D eigenvalue weighted by Crippen LogP contribution is 2.30. The van der Waals surface area contributed by atoms with E-state index in [9.17, 15) is 4.39 Å². The van der Waals surface area contributed by atoms with Crippen LogP contribution < -0.4 is 5.32 Å². The Morgan fingerprint density at radius 3 is 3.00 bits per heavy atom.